The van der Waals surface area contributed by atoms with Crippen LogP contribution in [0.1, 0.15) is 151 Å². The van der Waals surface area contributed by atoms with Crippen LogP contribution in [0.5, 0.6) is 0 Å². The third-order valence-corrected chi connectivity index (χ3v) is 19.3. The molecule has 8 aromatic rings. The van der Waals surface area contributed by atoms with Crippen molar-refractivity contribution < 1.29 is 0 Å². The molecule has 5 aliphatic rings. The van der Waals surface area contributed by atoms with Crippen molar-refractivity contribution in [3.63, 3.8) is 0 Å². The first-order valence-corrected chi connectivity index (χ1v) is 27.7. The van der Waals surface area contributed by atoms with E-state index in [1.165, 1.54) is 152 Å². The van der Waals surface area contributed by atoms with Gasteiger partial charge in [0.15, 0.2) is 0 Å². The van der Waals surface area contributed by atoms with Gasteiger partial charge in [-0.1, -0.05) is 166 Å². The van der Waals surface area contributed by atoms with E-state index >= 15 is 0 Å². The topological polar surface area (TPSA) is 6.48 Å². The fourth-order valence-corrected chi connectivity index (χ4v) is 15.0. The lowest BCUT2D eigenvalue weighted by molar-refractivity contribution is 0.332. The molecule has 0 aromatic heterocycles. The van der Waals surface area contributed by atoms with Gasteiger partial charge in [0.25, 0.3) is 0 Å². The van der Waals surface area contributed by atoms with E-state index in [2.05, 4.69) is 246 Å². The van der Waals surface area contributed by atoms with Gasteiger partial charge in [0.2, 0.25) is 0 Å². The van der Waals surface area contributed by atoms with Crippen LogP contribution in [0.2, 0.25) is 0 Å². The van der Waals surface area contributed by atoms with Gasteiger partial charge in [-0.15, -0.1) is 0 Å². The molecule has 0 saturated heterocycles. The number of anilines is 5. The molecule has 0 spiro atoms. The average molecular weight is 965 g/mol. The number of benzene rings is 8. The highest BCUT2D eigenvalue weighted by Crippen LogP contribution is 2.57. The predicted molar refractivity (Wildman–Crippen MR) is 318 cm³/mol. The first-order chi connectivity index (χ1) is 35.1. The molecule has 3 heteroatoms. The van der Waals surface area contributed by atoms with Crippen LogP contribution in [0, 0.1) is 27.7 Å². The van der Waals surface area contributed by atoms with Crippen LogP contribution in [0.25, 0.3) is 44.5 Å². The molecule has 2 nitrogen and oxygen atoms in total. The van der Waals surface area contributed by atoms with E-state index in [1.54, 1.807) is 0 Å². The summed E-state index contributed by atoms with van der Waals surface area (Å²) in [7, 11) is 0. The van der Waals surface area contributed by atoms with Gasteiger partial charge in [0.1, 0.15) is 0 Å². The Balaban J connectivity index is 1.19. The maximum atomic E-state index is 2.80. The van der Waals surface area contributed by atoms with Crippen molar-refractivity contribution in [2.45, 2.75) is 150 Å². The van der Waals surface area contributed by atoms with Gasteiger partial charge in [0.05, 0.1) is 0 Å². The Labute approximate surface area is 443 Å². The zero-order chi connectivity index (χ0) is 51.8. The van der Waals surface area contributed by atoms with Crippen molar-refractivity contribution in [2.75, 3.05) is 9.71 Å². The van der Waals surface area contributed by atoms with E-state index in [1.807, 2.05) is 0 Å². The van der Waals surface area contributed by atoms with Gasteiger partial charge in [-0.25, -0.2) is 0 Å². The maximum Gasteiger partial charge on any atom is 0.333 e. The van der Waals surface area contributed by atoms with Crippen molar-refractivity contribution in [3.8, 4) is 44.5 Å². The van der Waals surface area contributed by atoms with Crippen molar-refractivity contribution in [1.82, 2.24) is 0 Å². The molecular weight excluding hydrogens is 892 g/mol. The smallest absolute Gasteiger partial charge is 0.333 e. The molecule has 0 bridgehead atoms. The third kappa shape index (κ3) is 6.76. The zero-order valence-corrected chi connectivity index (χ0v) is 46.6. The minimum atomic E-state index is -0.171. The lowest BCUT2D eigenvalue weighted by atomic mass is 9.43. The number of nitrogens with zero attached hydrogens (tertiary/aromatic N) is 2. The van der Waals surface area contributed by atoms with Crippen LogP contribution in [0.4, 0.5) is 28.4 Å². The molecule has 0 N–H and O–H groups in total. The first-order valence-electron chi connectivity index (χ1n) is 27.7. The summed E-state index contributed by atoms with van der Waals surface area (Å²) in [6.45, 7) is 33.8. The number of fused-ring (bicyclic) bond motifs is 9. The molecule has 0 radical (unpaired) electrons. The summed E-state index contributed by atoms with van der Waals surface area (Å²) in [5.41, 5.74) is 33.6. The Morgan fingerprint density at radius 2 is 0.973 bits per heavy atom. The molecule has 13 rings (SSSR count). The molecule has 0 fully saturated rings. The fraction of sp³-hybridized carbons (Fsp3) is 0.324. The number of rotatable bonds is 4. The van der Waals surface area contributed by atoms with E-state index in [-0.39, 0.29) is 33.9 Å². The Hall–Kier alpha value is -6.58. The monoisotopic (exact) mass is 965 g/mol. The quantitative estimate of drug-likeness (QED) is 0.162. The van der Waals surface area contributed by atoms with E-state index in [0.29, 0.717) is 0 Å². The largest absolute Gasteiger partial charge is 0.376 e. The summed E-state index contributed by atoms with van der Waals surface area (Å²) in [6.07, 6.45) is 4.70. The molecule has 0 amide bonds. The molecule has 370 valence electrons. The Kier molecular flexibility index (Phi) is 10.0. The number of hydrogen-bond donors (Lipinski definition) is 0. The van der Waals surface area contributed by atoms with Crippen LogP contribution >= 0.6 is 0 Å². The van der Waals surface area contributed by atoms with E-state index < -0.39 is 0 Å². The van der Waals surface area contributed by atoms with Gasteiger partial charge in [-0.05, 0) is 224 Å². The van der Waals surface area contributed by atoms with Crippen LogP contribution in [-0.2, 0) is 27.1 Å². The van der Waals surface area contributed by atoms with Crippen LogP contribution in [-0.4, -0.2) is 6.85 Å². The molecule has 2 heterocycles. The molecular formula is C71H73BN2. The lowest BCUT2D eigenvalue weighted by Crippen LogP contribution is -2.61. The van der Waals surface area contributed by atoms with E-state index in [4.69, 9.17) is 0 Å². The van der Waals surface area contributed by atoms with Crippen molar-refractivity contribution >= 4 is 46.2 Å². The van der Waals surface area contributed by atoms with Crippen molar-refractivity contribution in [2.24, 2.45) is 0 Å². The molecule has 8 aromatic carbocycles. The van der Waals surface area contributed by atoms with E-state index in [9.17, 15) is 0 Å². The second-order valence-corrected chi connectivity index (χ2v) is 26.5. The number of hydrogen-bond acceptors (Lipinski definition) is 2. The lowest BCUT2D eigenvalue weighted by Gasteiger charge is -2.48. The summed E-state index contributed by atoms with van der Waals surface area (Å²) in [5.74, 6) is 0. The fourth-order valence-electron chi connectivity index (χ4n) is 15.0. The average Bonchev–Trinajstić information content (AvgIpc) is 3.70. The summed E-state index contributed by atoms with van der Waals surface area (Å²) in [6, 6.07) is 55.7. The Morgan fingerprint density at radius 1 is 0.378 bits per heavy atom. The Morgan fingerprint density at radius 3 is 1.66 bits per heavy atom. The summed E-state index contributed by atoms with van der Waals surface area (Å²) >= 11 is 0. The predicted octanol–water partition coefficient (Wildman–Crippen LogP) is 18.0. The van der Waals surface area contributed by atoms with Crippen molar-refractivity contribution in [3.05, 3.63) is 195 Å². The van der Waals surface area contributed by atoms with E-state index in [0.717, 1.165) is 12.8 Å². The van der Waals surface area contributed by atoms with Gasteiger partial charge in [-0.2, -0.15) is 0 Å². The standard InChI is InChI=1S/C71H73BN2/c1-42-32-44(3)65(45(4)33-42)48-35-53-52-39-51-50-22-18-19-23-54(50)71(13,14)56(51)40-62(52)74(49-25-26-55-58(38-49)69(9,10)29-28-67(55,5)6)72-60-27-24-47(46-20-16-15-17-21-46)36-63(60)73(64(37-48)66(53)72)61-41-59-57(34-43(61)2)68(7,8)30-31-70(59,11)12/h15-27,32-41H,28-31H2,1-14H3. The minimum Gasteiger partial charge on any atom is -0.376 e. The summed E-state index contributed by atoms with van der Waals surface area (Å²) in [5, 5.41) is 0. The third-order valence-electron chi connectivity index (χ3n) is 19.3. The van der Waals surface area contributed by atoms with Gasteiger partial charge < -0.3 is 9.71 Å². The second kappa shape index (κ2) is 15.7. The van der Waals surface area contributed by atoms with Gasteiger partial charge in [0, 0.05) is 39.4 Å². The Bertz CT molecular complexity index is 3690. The normalized spacial score (nSPS) is 18.4. The summed E-state index contributed by atoms with van der Waals surface area (Å²) < 4.78 is 0. The first kappa shape index (κ1) is 47.2. The van der Waals surface area contributed by atoms with Crippen LogP contribution < -0.4 is 20.6 Å². The molecule has 0 saturated carbocycles. The highest BCUT2D eigenvalue weighted by Gasteiger charge is 2.49. The molecule has 2 aliphatic heterocycles. The molecule has 0 unspecified atom stereocenters. The van der Waals surface area contributed by atoms with Gasteiger partial charge in [-0.3, -0.25) is 0 Å². The number of aryl methyl sites for hydroxylation is 4. The zero-order valence-electron chi connectivity index (χ0n) is 46.6. The molecule has 3 aliphatic carbocycles. The highest BCUT2D eigenvalue weighted by molar-refractivity contribution is 6.93. The second-order valence-electron chi connectivity index (χ2n) is 26.5. The maximum absolute atomic E-state index is 2.80. The molecule has 74 heavy (non-hydrogen) atoms. The van der Waals surface area contributed by atoms with Crippen LogP contribution in [0.3, 0.4) is 0 Å². The minimum absolute atomic E-state index is 0.0344. The summed E-state index contributed by atoms with van der Waals surface area (Å²) in [4.78, 5) is 5.52. The SMILES string of the molecule is Cc1cc(C)c(-c2cc3c4c(c2)N(c2cc5c(cc2C)C(C)(C)CCC5(C)C)c2cc(-c5ccccc5)ccc2B4N(c2ccc4c(c2)C(C)(C)CCC4(C)C)c2cc4c(cc2-3)-c2ccccc2C4(C)C)c(C)c1. The van der Waals surface area contributed by atoms with Crippen LogP contribution in [0.15, 0.2) is 140 Å². The van der Waals surface area contributed by atoms with Gasteiger partial charge >= 0.3 is 6.85 Å². The molecule has 0 atom stereocenters. The highest BCUT2D eigenvalue weighted by atomic mass is 15.2. The van der Waals surface area contributed by atoms with Crippen molar-refractivity contribution in [1.29, 1.82) is 0 Å².